The van der Waals surface area contributed by atoms with Crippen molar-refractivity contribution in [3.63, 3.8) is 0 Å². The summed E-state index contributed by atoms with van der Waals surface area (Å²) in [6, 6.07) is 4.79. The predicted octanol–water partition coefficient (Wildman–Crippen LogP) is 1.54. The molecule has 0 spiro atoms. The van der Waals surface area contributed by atoms with Gasteiger partial charge in [-0.2, -0.15) is 4.57 Å². The summed E-state index contributed by atoms with van der Waals surface area (Å²) in [7, 11) is 0. The van der Waals surface area contributed by atoms with Crippen LogP contribution in [0.25, 0.3) is 11.0 Å². The number of rotatable bonds is 2. The van der Waals surface area contributed by atoms with Crippen molar-refractivity contribution in [2.75, 3.05) is 6.61 Å². The Balaban J connectivity index is 2.73. The van der Waals surface area contributed by atoms with Crippen LogP contribution in [0.5, 0.6) is 0 Å². The van der Waals surface area contributed by atoms with E-state index >= 15 is 0 Å². The van der Waals surface area contributed by atoms with Crippen molar-refractivity contribution in [3.05, 3.63) is 34.2 Å². The number of imidazole rings is 1. The molecule has 0 aliphatic heterocycles. The first kappa shape index (κ1) is 12.1. The Morgan fingerprint density at radius 1 is 1.39 bits per heavy atom. The second kappa shape index (κ2) is 4.48. The van der Waals surface area contributed by atoms with E-state index in [1.165, 1.54) is 6.92 Å². The predicted molar refractivity (Wildman–Crippen MR) is 65.0 cm³/mol. The summed E-state index contributed by atoms with van der Waals surface area (Å²) in [4.78, 5) is 37.3. The standard InChI is InChI=1S/C12H12N2O4/c1-3-18-12(17)14-9-6-4-5-8(7(2)15)10(9)13-11(14)16/h4-6H,3H2,1-2H3,(H,13,16). The zero-order valence-electron chi connectivity index (χ0n) is 10.0. The first-order valence-corrected chi connectivity index (χ1v) is 5.48. The van der Waals surface area contributed by atoms with Crippen LogP contribution in [0.4, 0.5) is 4.79 Å². The van der Waals surface area contributed by atoms with Crippen molar-refractivity contribution in [3.8, 4) is 0 Å². The number of nitrogens with one attached hydrogen (secondary N) is 1. The first-order valence-electron chi connectivity index (χ1n) is 5.48. The third-order valence-corrected chi connectivity index (χ3v) is 2.55. The molecule has 6 nitrogen and oxygen atoms in total. The minimum absolute atomic E-state index is 0.171. The van der Waals surface area contributed by atoms with Gasteiger partial charge < -0.3 is 9.72 Å². The van der Waals surface area contributed by atoms with Crippen LogP contribution in [-0.2, 0) is 4.74 Å². The van der Waals surface area contributed by atoms with Crippen LogP contribution < -0.4 is 5.69 Å². The summed E-state index contributed by atoms with van der Waals surface area (Å²) in [6.07, 6.45) is -0.755. The highest BCUT2D eigenvalue weighted by Crippen LogP contribution is 2.16. The van der Waals surface area contributed by atoms with Crippen molar-refractivity contribution in [1.82, 2.24) is 9.55 Å². The highest BCUT2D eigenvalue weighted by atomic mass is 16.5. The van der Waals surface area contributed by atoms with E-state index in [4.69, 9.17) is 4.74 Å². The lowest BCUT2D eigenvalue weighted by molar-refractivity contribution is 0.101. The fourth-order valence-corrected chi connectivity index (χ4v) is 1.79. The summed E-state index contributed by atoms with van der Waals surface area (Å²) >= 11 is 0. The van der Waals surface area contributed by atoms with Crippen LogP contribution in [0.2, 0.25) is 0 Å². The average Bonchev–Trinajstić information content (AvgIpc) is 2.64. The van der Waals surface area contributed by atoms with E-state index in [2.05, 4.69) is 4.98 Å². The van der Waals surface area contributed by atoms with Gasteiger partial charge in [0.05, 0.1) is 17.6 Å². The molecule has 94 valence electrons. The van der Waals surface area contributed by atoms with E-state index in [0.717, 1.165) is 4.57 Å². The Kier molecular flexibility index (Phi) is 3.01. The number of hydrogen-bond donors (Lipinski definition) is 1. The summed E-state index contributed by atoms with van der Waals surface area (Å²) < 4.78 is 5.67. The molecule has 1 aromatic heterocycles. The van der Waals surface area contributed by atoms with E-state index in [-0.39, 0.29) is 12.4 Å². The number of para-hydroxylation sites is 1. The molecule has 0 aliphatic rings. The van der Waals surface area contributed by atoms with Gasteiger partial charge in [-0.15, -0.1) is 0 Å². The Morgan fingerprint density at radius 3 is 2.72 bits per heavy atom. The zero-order valence-corrected chi connectivity index (χ0v) is 10.0. The summed E-state index contributed by atoms with van der Waals surface area (Å²) in [5, 5.41) is 0. The Morgan fingerprint density at radius 2 is 2.11 bits per heavy atom. The Labute approximate surface area is 102 Å². The Bertz CT molecular complexity index is 681. The summed E-state index contributed by atoms with van der Waals surface area (Å²) in [5.74, 6) is -0.183. The number of aromatic nitrogens is 2. The number of hydrogen-bond acceptors (Lipinski definition) is 4. The molecule has 0 atom stereocenters. The summed E-state index contributed by atoms with van der Waals surface area (Å²) in [5.41, 5.74) is 0.444. The van der Waals surface area contributed by atoms with Gasteiger partial charge in [-0.25, -0.2) is 9.59 Å². The molecule has 6 heteroatoms. The van der Waals surface area contributed by atoms with Gasteiger partial charge in [-0.1, -0.05) is 6.07 Å². The van der Waals surface area contributed by atoms with E-state index < -0.39 is 11.8 Å². The molecule has 0 amide bonds. The third-order valence-electron chi connectivity index (χ3n) is 2.55. The number of carbonyl (C=O) groups excluding carboxylic acids is 2. The normalized spacial score (nSPS) is 10.6. The maximum Gasteiger partial charge on any atom is 0.422 e. The molecule has 2 aromatic rings. The summed E-state index contributed by atoms with van der Waals surface area (Å²) in [6.45, 7) is 3.22. The third kappa shape index (κ3) is 1.81. The SMILES string of the molecule is CCOC(=O)n1c(=O)[nH]c2c(C(C)=O)cccc21. The van der Waals surface area contributed by atoms with Gasteiger partial charge >= 0.3 is 11.8 Å². The largest absolute Gasteiger partial charge is 0.449 e. The van der Waals surface area contributed by atoms with Gasteiger partial charge in [-0.05, 0) is 26.0 Å². The molecular weight excluding hydrogens is 236 g/mol. The fraction of sp³-hybridized carbons (Fsp3) is 0.250. The second-order valence-corrected chi connectivity index (χ2v) is 3.72. The number of nitrogens with zero attached hydrogens (tertiary/aromatic N) is 1. The monoisotopic (exact) mass is 248 g/mol. The highest BCUT2D eigenvalue weighted by Gasteiger charge is 2.17. The van der Waals surface area contributed by atoms with Gasteiger partial charge in [-0.3, -0.25) is 4.79 Å². The minimum Gasteiger partial charge on any atom is -0.449 e. The van der Waals surface area contributed by atoms with Gasteiger partial charge in [0, 0.05) is 5.56 Å². The van der Waals surface area contributed by atoms with Crippen LogP contribution in [-0.4, -0.2) is 28.0 Å². The lowest BCUT2D eigenvalue weighted by atomic mass is 10.1. The van der Waals surface area contributed by atoms with Crippen molar-refractivity contribution < 1.29 is 14.3 Å². The van der Waals surface area contributed by atoms with Crippen LogP contribution >= 0.6 is 0 Å². The molecule has 1 N–H and O–H groups in total. The molecule has 0 saturated carbocycles. The molecule has 0 fully saturated rings. The topological polar surface area (TPSA) is 81.2 Å². The average molecular weight is 248 g/mol. The highest BCUT2D eigenvalue weighted by molar-refractivity contribution is 6.05. The van der Waals surface area contributed by atoms with Gasteiger partial charge in [0.1, 0.15) is 0 Å². The smallest absolute Gasteiger partial charge is 0.422 e. The number of benzene rings is 1. The molecule has 2 rings (SSSR count). The number of Topliss-reactive ketones (excluding diaryl/α,β-unsaturated/α-hetero) is 1. The minimum atomic E-state index is -0.755. The molecule has 0 saturated heterocycles. The van der Waals surface area contributed by atoms with E-state index in [1.54, 1.807) is 25.1 Å². The van der Waals surface area contributed by atoms with E-state index in [0.29, 0.717) is 16.6 Å². The van der Waals surface area contributed by atoms with Gasteiger partial charge in [0.15, 0.2) is 5.78 Å². The number of ether oxygens (including phenoxy) is 1. The second-order valence-electron chi connectivity index (χ2n) is 3.72. The van der Waals surface area contributed by atoms with Crippen LogP contribution in [0, 0.1) is 0 Å². The van der Waals surface area contributed by atoms with E-state index in [9.17, 15) is 14.4 Å². The molecule has 1 heterocycles. The van der Waals surface area contributed by atoms with Crippen molar-refractivity contribution in [1.29, 1.82) is 0 Å². The molecular formula is C12H12N2O4. The molecule has 0 radical (unpaired) electrons. The quantitative estimate of drug-likeness (QED) is 0.817. The van der Waals surface area contributed by atoms with Crippen LogP contribution in [0.15, 0.2) is 23.0 Å². The van der Waals surface area contributed by atoms with E-state index in [1.807, 2.05) is 0 Å². The fourth-order valence-electron chi connectivity index (χ4n) is 1.79. The molecule has 0 bridgehead atoms. The Hall–Kier alpha value is -2.37. The molecule has 0 aliphatic carbocycles. The zero-order chi connectivity index (χ0) is 13.3. The van der Waals surface area contributed by atoms with Gasteiger partial charge in [0.2, 0.25) is 0 Å². The van der Waals surface area contributed by atoms with Crippen LogP contribution in [0.3, 0.4) is 0 Å². The lowest BCUT2D eigenvalue weighted by Crippen LogP contribution is -2.25. The molecule has 0 unspecified atom stereocenters. The van der Waals surface area contributed by atoms with Gasteiger partial charge in [0.25, 0.3) is 0 Å². The van der Waals surface area contributed by atoms with Crippen LogP contribution in [0.1, 0.15) is 24.2 Å². The number of H-pyrrole nitrogens is 1. The van der Waals surface area contributed by atoms with Crippen molar-refractivity contribution in [2.24, 2.45) is 0 Å². The number of aromatic amines is 1. The first-order chi connectivity index (χ1) is 8.56. The molecule has 1 aromatic carbocycles. The maximum atomic E-state index is 11.7. The number of ketones is 1. The van der Waals surface area contributed by atoms with Crippen molar-refractivity contribution >= 4 is 22.9 Å². The molecule has 18 heavy (non-hydrogen) atoms. The number of fused-ring (bicyclic) bond motifs is 1. The number of carbonyl (C=O) groups is 2. The lowest BCUT2D eigenvalue weighted by Gasteiger charge is -2.02. The van der Waals surface area contributed by atoms with Crippen molar-refractivity contribution in [2.45, 2.75) is 13.8 Å². The maximum absolute atomic E-state index is 11.7.